The SMILES string of the molecule is CCc1ccc(CNC(C)CC(C)CC)o1. The van der Waals surface area contributed by atoms with E-state index in [1.165, 1.54) is 12.8 Å². The lowest BCUT2D eigenvalue weighted by Gasteiger charge is -2.16. The molecule has 1 aromatic heterocycles. The van der Waals surface area contributed by atoms with E-state index in [9.17, 15) is 0 Å². The van der Waals surface area contributed by atoms with Crippen molar-refractivity contribution in [3.8, 4) is 0 Å². The second kappa shape index (κ2) is 6.74. The molecule has 92 valence electrons. The normalized spacial score (nSPS) is 15.0. The quantitative estimate of drug-likeness (QED) is 0.761. The zero-order valence-corrected chi connectivity index (χ0v) is 11.0. The maximum Gasteiger partial charge on any atom is 0.117 e. The highest BCUT2D eigenvalue weighted by molar-refractivity contribution is 5.06. The second-order valence-electron chi connectivity index (χ2n) is 4.75. The van der Waals surface area contributed by atoms with Crippen LogP contribution in [0.15, 0.2) is 16.5 Å². The van der Waals surface area contributed by atoms with Gasteiger partial charge in [-0.05, 0) is 31.4 Å². The Morgan fingerprint density at radius 1 is 1.19 bits per heavy atom. The minimum absolute atomic E-state index is 0.560. The summed E-state index contributed by atoms with van der Waals surface area (Å²) in [5, 5.41) is 3.51. The molecule has 2 atom stereocenters. The van der Waals surface area contributed by atoms with E-state index in [1.807, 2.05) is 0 Å². The van der Waals surface area contributed by atoms with Crippen molar-refractivity contribution in [1.29, 1.82) is 0 Å². The van der Waals surface area contributed by atoms with Crippen molar-refractivity contribution in [2.24, 2.45) is 5.92 Å². The summed E-state index contributed by atoms with van der Waals surface area (Å²) in [6.07, 6.45) is 3.47. The van der Waals surface area contributed by atoms with Crippen molar-refractivity contribution in [3.63, 3.8) is 0 Å². The third kappa shape index (κ3) is 4.40. The minimum Gasteiger partial charge on any atom is -0.465 e. The van der Waals surface area contributed by atoms with Gasteiger partial charge in [-0.2, -0.15) is 0 Å². The average molecular weight is 223 g/mol. The molecule has 0 aliphatic heterocycles. The van der Waals surface area contributed by atoms with Crippen molar-refractivity contribution in [3.05, 3.63) is 23.7 Å². The number of aryl methyl sites for hydroxylation is 1. The highest BCUT2D eigenvalue weighted by Gasteiger charge is 2.07. The van der Waals surface area contributed by atoms with Crippen LogP contribution in [0.5, 0.6) is 0 Å². The topological polar surface area (TPSA) is 25.2 Å². The molecule has 16 heavy (non-hydrogen) atoms. The van der Waals surface area contributed by atoms with Gasteiger partial charge in [-0.3, -0.25) is 0 Å². The zero-order chi connectivity index (χ0) is 12.0. The Kier molecular flexibility index (Phi) is 5.61. The van der Waals surface area contributed by atoms with Crippen LogP contribution in [-0.2, 0) is 13.0 Å². The molecule has 0 bridgehead atoms. The van der Waals surface area contributed by atoms with Crippen LogP contribution < -0.4 is 5.32 Å². The van der Waals surface area contributed by atoms with Gasteiger partial charge in [0.2, 0.25) is 0 Å². The summed E-state index contributed by atoms with van der Waals surface area (Å²) in [4.78, 5) is 0. The van der Waals surface area contributed by atoms with Gasteiger partial charge in [0.1, 0.15) is 11.5 Å². The number of furan rings is 1. The van der Waals surface area contributed by atoms with Gasteiger partial charge in [0, 0.05) is 12.5 Å². The van der Waals surface area contributed by atoms with Crippen molar-refractivity contribution in [2.75, 3.05) is 0 Å². The van der Waals surface area contributed by atoms with Crippen LogP contribution in [0.25, 0.3) is 0 Å². The summed E-state index contributed by atoms with van der Waals surface area (Å²) in [6.45, 7) is 9.76. The summed E-state index contributed by atoms with van der Waals surface area (Å²) in [7, 11) is 0. The Hall–Kier alpha value is -0.760. The molecule has 2 heteroatoms. The highest BCUT2D eigenvalue weighted by atomic mass is 16.3. The van der Waals surface area contributed by atoms with Gasteiger partial charge in [-0.25, -0.2) is 0 Å². The fraction of sp³-hybridized carbons (Fsp3) is 0.714. The predicted molar refractivity (Wildman–Crippen MR) is 68.5 cm³/mol. The van der Waals surface area contributed by atoms with Crippen LogP contribution in [0.3, 0.4) is 0 Å². The molecule has 1 heterocycles. The Morgan fingerprint density at radius 2 is 1.88 bits per heavy atom. The average Bonchev–Trinajstić information content (AvgIpc) is 2.74. The maximum atomic E-state index is 5.65. The maximum absolute atomic E-state index is 5.65. The second-order valence-corrected chi connectivity index (χ2v) is 4.75. The highest BCUT2D eigenvalue weighted by Crippen LogP contribution is 2.11. The molecule has 0 saturated carbocycles. The van der Waals surface area contributed by atoms with Gasteiger partial charge < -0.3 is 9.73 Å². The lowest BCUT2D eigenvalue weighted by Crippen LogP contribution is -2.27. The van der Waals surface area contributed by atoms with Crippen LogP contribution >= 0.6 is 0 Å². The summed E-state index contributed by atoms with van der Waals surface area (Å²) < 4.78 is 5.65. The number of hydrogen-bond acceptors (Lipinski definition) is 2. The molecule has 0 amide bonds. The standard InChI is InChI=1S/C14H25NO/c1-5-11(3)9-12(4)15-10-14-8-7-13(6-2)16-14/h7-8,11-12,15H,5-6,9-10H2,1-4H3. The van der Waals surface area contributed by atoms with Crippen LogP contribution in [0.2, 0.25) is 0 Å². The zero-order valence-electron chi connectivity index (χ0n) is 11.0. The molecule has 1 rings (SSSR count). The molecule has 0 saturated heterocycles. The van der Waals surface area contributed by atoms with Crippen molar-refractivity contribution >= 4 is 0 Å². The predicted octanol–water partition coefficient (Wildman–Crippen LogP) is 3.76. The number of hydrogen-bond donors (Lipinski definition) is 1. The first-order chi connectivity index (χ1) is 7.65. The van der Waals surface area contributed by atoms with Gasteiger partial charge >= 0.3 is 0 Å². The first-order valence-electron chi connectivity index (χ1n) is 6.46. The Labute approximate surface area is 99.4 Å². The lowest BCUT2D eigenvalue weighted by molar-refractivity contribution is 0.385. The van der Waals surface area contributed by atoms with E-state index in [1.54, 1.807) is 0 Å². The molecule has 2 nitrogen and oxygen atoms in total. The van der Waals surface area contributed by atoms with Crippen LogP contribution in [0.1, 0.15) is 52.1 Å². The summed E-state index contributed by atoms with van der Waals surface area (Å²) in [6, 6.07) is 4.70. The van der Waals surface area contributed by atoms with E-state index in [-0.39, 0.29) is 0 Å². The molecule has 1 N–H and O–H groups in total. The van der Waals surface area contributed by atoms with E-state index >= 15 is 0 Å². The molecule has 1 aromatic rings. The lowest BCUT2D eigenvalue weighted by atomic mass is 10.0. The third-order valence-electron chi connectivity index (χ3n) is 3.14. The molecular weight excluding hydrogens is 198 g/mol. The first-order valence-corrected chi connectivity index (χ1v) is 6.46. The Bertz CT molecular complexity index is 293. The van der Waals surface area contributed by atoms with Gasteiger partial charge in [0.15, 0.2) is 0 Å². The monoisotopic (exact) mass is 223 g/mol. The fourth-order valence-electron chi connectivity index (χ4n) is 1.84. The van der Waals surface area contributed by atoms with E-state index in [2.05, 4.69) is 45.1 Å². The smallest absolute Gasteiger partial charge is 0.117 e. The first kappa shape index (κ1) is 13.3. The van der Waals surface area contributed by atoms with Gasteiger partial charge in [0.25, 0.3) is 0 Å². The molecule has 0 radical (unpaired) electrons. The molecule has 0 aliphatic carbocycles. The Morgan fingerprint density at radius 3 is 2.44 bits per heavy atom. The van der Waals surface area contributed by atoms with Crippen LogP contribution in [-0.4, -0.2) is 6.04 Å². The minimum atomic E-state index is 0.560. The molecule has 0 fully saturated rings. The summed E-state index contributed by atoms with van der Waals surface area (Å²) in [5.74, 6) is 2.92. The molecule has 2 unspecified atom stereocenters. The number of nitrogens with one attached hydrogen (secondary N) is 1. The van der Waals surface area contributed by atoms with Crippen molar-refractivity contribution in [2.45, 2.75) is 59.5 Å². The van der Waals surface area contributed by atoms with Crippen LogP contribution in [0.4, 0.5) is 0 Å². The van der Waals surface area contributed by atoms with Gasteiger partial charge in [-0.15, -0.1) is 0 Å². The number of rotatable bonds is 7. The van der Waals surface area contributed by atoms with Crippen molar-refractivity contribution in [1.82, 2.24) is 5.32 Å². The van der Waals surface area contributed by atoms with Gasteiger partial charge in [-0.1, -0.05) is 27.2 Å². The van der Waals surface area contributed by atoms with Gasteiger partial charge in [0.05, 0.1) is 6.54 Å². The molecule has 0 aromatic carbocycles. The molecule has 0 aliphatic rings. The summed E-state index contributed by atoms with van der Waals surface area (Å²) >= 11 is 0. The van der Waals surface area contributed by atoms with Crippen molar-refractivity contribution < 1.29 is 4.42 Å². The van der Waals surface area contributed by atoms with E-state index < -0.39 is 0 Å². The fourth-order valence-corrected chi connectivity index (χ4v) is 1.84. The molecular formula is C14H25NO. The van der Waals surface area contributed by atoms with E-state index in [0.717, 1.165) is 30.4 Å². The van der Waals surface area contributed by atoms with E-state index in [0.29, 0.717) is 6.04 Å². The Balaban J connectivity index is 2.28. The van der Waals surface area contributed by atoms with Crippen LogP contribution in [0, 0.1) is 5.92 Å². The molecule has 0 spiro atoms. The van der Waals surface area contributed by atoms with E-state index in [4.69, 9.17) is 4.42 Å². The largest absolute Gasteiger partial charge is 0.465 e. The third-order valence-corrected chi connectivity index (χ3v) is 3.14. The summed E-state index contributed by atoms with van der Waals surface area (Å²) in [5.41, 5.74) is 0.